The molecule has 0 atom stereocenters. The SMILES string of the molecule is Cc1ccc(C)c(O[P+]([O-])([S-])Oc2cc(C)ccc2C)c1.[Na+]. The third-order valence-electron chi connectivity index (χ3n) is 3.11. The summed E-state index contributed by atoms with van der Waals surface area (Å²) in [4.78, 5) is 12.5. The number of benzene rings is 2. The van der Waals surface area contributed by atoms with Crippen molar-refractivity contribution in [2.24, 2.45) is 0 Å². The van der Waals surface area contributed by atoms with Gasteiger partial charge in [0.15, 0.2) is 11.5 Å². The van der Waals surface area contributed by atoms with Gasteiger partial charge in [-0.05, 0) is 62.1 Å². The molecule has 0 aromatic heterocycles. The van der Waals surface area contributed by atoms with Gasteiger partial charge >= 0.3 is 29.6 Å². The second-order valence-corrected chi connectivity index (χ2v) is 7.77. The van der Waals surface area contributed by atoms with E-state index < -0.39 is 7.15 Å². The largest absolute Gasteiger partial charge is 1.00 e. The van der Waals surface area contributed by atoms with Gasteiger partial charge in [0.2, 0.25) is 7.15 Å². The van der Waals surface area contributed by atoms with Crippen molar-refractivity contribution >= 4 is 19.4 Å². The second kappa shape index (κ2) is 8.05. The maximum Gasteiger partial charge on any atom is 1.00 e. The van der Waals surface area contributed by atoms with Gasteiger partial charge in [-0.15, -0.1) is 0 Å². The van der Waals surface area contributed by atoms with E-state index >= 15 is 0 Å². The van der Waals surface area contributed by atoms with E-state index in [1.54, 1.807) is 12.1 Å². The average molecular weight is 344 g/mol. The van der Waals surface area contributed by atoms with E-state index in [0.717, 1.165) is 22.3 Å². The fourth-order valence-electron chi connectivity index (χ4n) is 1.87. The van der Waals surface area contributed by atoms with Crippen LogP contribution in [0.5, 0.6) is 11.5 Å². The van der Waals surface area contributed by atoms with Crippen LogP contribution >= 0.6 is 7.15 Å². The van der Waals surface area contributed by atoms with E-state index in [-0.39, 0.29) is 29.6 Å². The summed E-state index contributed by atoms with van der Waals surface area (Å²) >= 11 is 5.02. The van der Waals surface area contributed by atoms with Crippen LogP contribution in [0.3, 0.4) is 0 Å². The van der Waals surface area contributed by atoms with Crippen LogP contribution in [0.4, 0.5) is 0 Å². The maximum absolute atomic E-state index is 12.5. The minimum atomic E-state index is -3.65. The Bertz CT molecular complexity index is 606. The first-order valence-electron chi connectivity index (χ1n) is 6.61. The van der Waals surface area contributed by atoms with Gasteiger partial charge in [-0.25, -0.2) is 0 Å². The fraction of sp³-hybridized carbons (Fsp3) is 0.250. The average Bonchev–Trinajstić information content (AvgIpc) is 2.37. The van der Waals surface area contributed by atoms with Crippen LogP contribution in [0, 0.1) is 27.7 Å². The minimum absolute atomic E-state index is 0. The summed E-state index contributed by atoms with van der Waals surface area (Å²) in [6, 6.07) is 11.3. The Kier molecular flexibility index (Phi) is 7.25. The Morgan fingerprint density at radius 1 is 0.818 bits per heavy atom. The number of hydrogen-bond acceptors (Lipinski definition) is 4. The number of rotatable bonds is 4. The molecule has 22 heavy (non-hydrogen) atoms. The third kappa shape index (κ3) is 5.45. The molecule has 2 aromatic carbocycles. The molecule has 0 heterocycles. The summed E-state index contributed by atoms with van der Waals surface area (Å²) in [5.74, 6) is 0.997. The Morgan fingerprint density at radius 2 is 1.18 bits per heavy atom. The first kappa shape index (κ1) is 19.8. The number of aryl methyl sites for hydroxylation is 4. The van der Waals surface area contributed by atoms with Gasteiger partial charge in [-0.3, -0.25) is 0 Å². The van der Waals surface area contributed by atoms with Gasteiger partial charge in [-0.2, -0.15) is 0 Å². The summed E-state index contributed by atoms with van der Waals surface area (Å²) in [5.41, 5.74) is 3.76. The van der Waals surface area contributed by atoms with Crippen LogP contribution in [-0.2, 0) is 12.2 Å². The Morgan fingerprint density at radius 3 is 1.55 bits per heavy atom. The fourth-order valence-corrected chi connectivity index (χ4v) is 3.27. The molecule has 2 aromatic rings. The number of hydrogen-bond donors (Lipinski definition) is 0. The van der Waals surface area contributed by atoms with Crippen LogP contribution < -0.4 is 43.5 Å². The summed E-state index contributed by atoms with van der Waals surface area (Å²) in [6.07, 6.45) is 0. The minimum Gasteiger partial charge on any atom is -0.634 e. The van der Waals surface area contributed by atoms with Crippen molar-refractivity contribution in [3.05, 3.63) is 58.7 Å². The van der Waals surface area contributed by atoms with Crippen LogP contribution in [-0.4, -0.2) is 0 Å². The predicted octanol–water partition coefficient (Wildman–Crippen LogP) is 0.967. The van der Waals surface area contributed by atoms with Crippen LogP contribution in [0.1, 0.15) is 22.3 Å². The third-order valence-corrected chi connectivity index (χ3v) is 4.40. The second-order valence-electron chi connectivity index (χ2n) is 5.17. The molecular weight excluding hydrogens is 326 g/mol. The van der Waals surface area contributed by atoms with Gasteiger partial charge in [0.25, 0.3) is 0 Å². The van der Waals surface area contributed by atoms with Gasteiger partial charge in [0.1, 0.15) is 0 Å². The topological polar surface area (TPSA) is 41.5 Å². The predicted molar refractivity (Wildman–Crippen MR) is 87.4 cm³/mol. The molecule has 2 rings (SSSR count). The summed E-state index contributed by atoms with van der Waals surface area (Å²) < 4.78 is 10.9. The molecule has 112 valence electrons. The first-order chi connectivity index (χ1) is 9.77. The summed E-state index contributed by atoms with van der Waals surface area (Å²) in [7, 11) is -3.65. The molecule has 0 aliphatic heterocycles. The quantitative estimate of drug-likeness (QED) is 0.471. The monoisotopic (exact) mass is 344 g/mol. The normalized spacial score (nSPS) is 10.8. The van der Waals surface area contributed by atoms with Gasteiger partial charge in [0, 0.05) is 0 Å². The van der Waals surface area contributed by atoms with Gasteiger partial charge in [0.05, 0.1) is 0 Å². The van der Waals surface area contributed by atoms with Crippen molar-refractivity contribution in [2.75, 3.05) is 0 Å². The van der Waals surface area contributed by atoms with Crippen LogP contribution in [0.25, 0.3) is 0 Å². The zero-order valence-electron chi connectivity index (χ0n) is 13.5. The van der Waals surface area contributed by atoms with E-state index in [1.165, 1.54) is 0 Å². The maximum atomic E-state index is 12.5. The van der Waals surface area contributed by atoms with Crippen molar-refractivity contribution in [1.82, 2.24) is 0 Å². The molecule has 0 aliphatic carbocycles. The zero-order valence-corrected chi connectivity index (χ0v) is 17.3. The summed E-state index contributed by atoms with van der Waals surface area (Å²) in [6.45, 7) is 7.63. The Labute approximate surface area is 160 Å². The van der Waals surface area contributed by atoms with E-state index in [1.807, 2.05) is 52.0 Å². The van der Waals surface area contributed by atoms with Crippen LogP contribution in [0.15, 0.2) is 36.4 Å². The Hall–Kier alpha value is -0.220. The molecule has 0 unspecified atom stereocenters. The summed E-state index contributed by atoms with van der Waals surface area (Å²) in [5, 5.41) is 0. The molecule has 0 fully saturated rings. The standard InChI is InChI=1S/C16H19O3PS.Na/c1-11-5-7-13(3)15(9-11)18-20(17,21)19-16-10-12(2)6-8-14(16)4;/h5-10H,1-4H3,(H,17,21);/q;+1/p-1. The molecule has 0 radical (unpaired) electrons. The molecule has 0 amide bonds. The first-order valence-corrected chi connectivity index (χ1v) is 9.17. The van der Waals surface area contributed by atoms with E-state index in [9.17, 15) is 4.89 Å². The molecule has 0 aliphatic rings. The van der Waals surface area contributed by atoms with Crippen molar-refractivity contribution in [3.63, 3.8) is 0 Å². The van der Waals surface area contributed by atoms with Crippen molar-refractivity contribution in [3.8, 4) is 11.5 Å². The molecule has 0 spiro atoms. The van der Waals surface area contributed by atoms with E-state index in [0.29, 0.717) is 11.5 Å². The van der Waals surface area contributed by atoms with Crippen molar-refractivity contribution in [1.29, 1.82) is 0 Å². The zero-order chi connectivity index (χ0) is 15.6. The van der Waals surface area contributed by atoms with Crippen LogP contribution in [0.2, 0.25) is 0 Å². The molecule has 0 bridgehead atoms. The molecule has 6 heteroatoms. The van der Waals surface area contributed by atoms with Crippen molar-refractivity contribution < 1.29 is 43.5 Å². The van der Waals surface area contributed by atoms with Crippen molar-refractivity contribution in [2.45, 2.75) is 27.7 Å². The van der Waals surface area contributed by atoms with Gasteiger partial charge in [-0.1, -0.05) is 24.3 Å². The van der Waals surface area contributed by atoms with Gasteiger partial charge < -0.3 is 26.2 Å². The molecule has 0 saturated carbocycles. The Balaban J connectivity index is 0.00000242. The molecular formula is C16H18NaO3PS. The molecule has 3 nitrogen and oxygen atoms in total. The molecule has 0 saturated heterocycles. The van der Waals surface area contributed by atoms with E-state index in [2.05, 4.69) is 0 Å². The van der Waals surface area contributed by atoms with E-state index in [4.69, 9.17) is 21.3 Å². The molecule has 0 N–H and O–H groups in total. The smallest absolute Gasteiger partial charge is 0.634 e.